The van der Waals surface area contributed by atoms with Crippen LogP contribution in [0, 0.1) is 0 Å². The zero-order chi connectivity index (χ0) is 24.0. The van der Waals surface area contributed by atoms with E-state index in [1.807, 2.05) is 59.5 Å². The van der Waals surface area contributed by atoms with Crippen LogP contribution in [0.3, 0.4) is 0 Å². The maximum Gasteiger partial charge on any atom is 0.244 e. The second-order valence-corrected chi connectivity index (χ2v) is 8.33. The van der Waals surface area contributed by atoms with Crippen LogP contribution in [0.1, 0.15) is 5.56 Å². The molecule has 3 heterocycles. The van der Waals surface area contributed by atoms with Crippen LogP contribution in [-0.2, 0) is 22.7 Å². The van der Waals surface area contributed by atoms with Crippen molar-refractivity contribution in [1.82, 2.24) is 29.6 Å². The van der Waals surface area contributed by atoms with Crippen molar-refractivity contribution in [3.63, 3.8) is 0 Å². The summed E-state index contributed by atoms with van der Waals surface area (Å²) in [6.07, 6.45) is 3.47. The van der Waals surface area contributed by atoms with E-state index >= 15 is 0 Å². The summed E-state index contributed by atoms with van der Waals surface area (Å²) in [5.41, 5.74) is 2.88. The number of piperazine rings is 1. The number of rotatable bonds is 7. The van der Waals surface area contributed by atoms with E-state index in [4.69, 9.17) is 14.8 Å². The second-order valence-electron chi connectivity index (χ2n) is 8.33. The Kier molecular flexibility index (Phi) is 6.76. The Morgan fingerprint density at radius 1 is 0.886 bits per heavy atom. The molecule has 0 unspecified atom stereocenters. The second kappa shape index (κ2) is 10.4. The lowest BCUT2D eigenvalue weighted by Gasteiger charge is -2.34. The molecule has 5 rings (SSSR count). The number of hydrogen-bond acceptors (Lipinski definition) is 7. The number of carbonyl (C=O) groups is 1. The van der Waals surface area contributed by atoms with E-state index in [1.165, 1.54) is 0 Å². The number of ether oxygens (including phenoxy) is 1. The third kappa shape index (κ3) is 5.20. The molecule has 0 radical (unpaired) electrons. The summed E-state index contributed by atoms with van der Waals surface area (Å²) < 4.78 is 6.93. The highest BCUT2D eigenvalue weighted by Gasteiger charge is 2.24. The molecule has 0 saturated carbocycles. The molecule has 0 aliphatic carbocycles. The molecular formula is C26H27N7O2. The van der Waals surface area contributed by atoms with Crippen LogP contribution >= 0.6 is 0 Å². The molecule has 0 atom stereocenters. The monoisotopic (exact) mass is 469 g/mol. The normalized spacial score (nSPS) is 13.7. The molecule has 1 aliphatic heterocycles. The molecule has 1 aliphatic rings. The summed E-state index contributed by atoms with van der Waals surface area (Å²) in [6, 6.07) is 19.6. The largest absolute Gasteiger partial charge is 0.380 e. The van der Waals surface area contributed by atoms with Gasteiger partial charge in [-0.05, 0) is 11.6 Å². The fourth-order valence-corrected chi connectivity index (χ4v) is 4.13. The molecule has 9 nitrogen and oxygen atoms in total. The highest BCUT2D eigenvalue weighted by molar-refractivity contribution is 5.77. The van der Waals surface area contributed by atoms with Crippen LogP contribution < -0.4 is 4.90 Å². The number of nitrogens with zero attached hydrogens (tertiary/aromatic N) is 7. The van der Waals surface area contributed by atoms with Crippen molar-refractivity contribution in [3.8, 4) is 22.8 Å². The molecule has 0 N–H and O–H groups in total. The third-order valence-corrected chi connectivity index (χ3v) is 5.98. The van der Waals surface area contributed by atoms with Gasteiger partial charge in [-0.3, -0.25) is 4.79 Å². The molecule has 1 fully saturated rings. The number of anilines is 1. The summed E-state index contributed by atoms with van der Waals surface area (Å²) >= 11 is 0. The van der Waals surface area contributed by atoms with Crippen LogP contribution in [0.15, 0.2) is 73.1 Å². The fraction of sp³-hybridized carbons (Fsp3) is 0.269. The van der Waals surface area contributed by atoms with Crippen LogP contribution in [-0.4, -0.2) is 68.8 Å². The average molecular weight is 470 g/mol. The Morgan fingerprint density at radius 3 is 2.29 bits per heavy atom. The van der Waals surface area contributed by atoms with E-state index in [1.54, 1.807) is 30.3 Å². The summed E-state index contributed by atoms with van der Waals surface area (Å²) in [6.45, 7) is 3.26. The molecule has 35 heavy (non-hydrogen) atoms. The van der Waals surface area contributed by atoms with Crippen LogP contribution in [0.25, 0.3) is 22.8 Å². The van der Waals surface area contributed by atoms with Crippen molar-refractivity contribution in [1.29, 1.82) is 0 Å². The molecule has 178 valence electrons. The van der Waals surface area contributed by atoms with E-state index in [2.05, 4.69) is 14.9 Å². The van der Waals surface area contributed by atoms with E-state index in [-0.39, 0.29) is 12.5 Å². The van der Waals surface area contributed by atoms with Gasteiger partial charge in [0.1, 0.15) is 6.54 Å². The van der Waals surface area contributed by atoms with Gasteiger partial charge in [-0.15, -0.1) is 5.10 Å². The van der Waals surface area contributed by atoms with Gasteiger partial charge in [-0.25, -0.2) is 19.6 Å². The Balaban J connectivity index is 1.35. The number of hydrogen-bond donors (Lipinski definition) is 0. The first-order chi connectivity index (χ1) is 17.2. The van der Waals surface area contributed by atoms with Gasteiger partial charge in [0.15, 0.2) is 11.6 Å². The first kappa shape index (κ1) is 22.7. The Hall–Kier alpha value is -4.11. The van der Waals surface area contributed by atoms with E-state index in [0.717, 1.165) is 16.7 Å². The van der Waals surface area contributed by atoms with Gasteiger partial charge in [-0.2, -0.15) is 0 Å². The van der Waals surface area contributed by atoms with E-state index in [9.17, 15) is 4.79 Å². The van der Waals surface area contributed by atoms with Gasteiger partial charge in [0.2, 0.25) is 11.9 Å². The molecule has 1 amide bonds. The van der Waals surface area contributed by atoms with Crippen molar-refractivity contribution in [2.45, 2.75) is 13.2 Å². The summed E-state index contributed by atoms with van der Waals surface area (Å²) in [5.74, 6) is 1.97. The predicted octanol–water partition coefficient (Wildman–Crippen LogP) is 2.90. The Labute approximate surface area is 204 Å². The lowest BCUT2D eigenvalue weighted by molar-refractivity contribution is -0.132. The molecular weight excluding hydrogens is 442 g/mol. The maximum absolute atomic E-state index is 13.3. The van der Waals surface area contributed by atoms with Gasteiger partial charge >= 0.3 is 0 Å². The van der Waals surface area contributed by atoms with Crippen molar-refractivity contribution in [2.24, 2.45) is 0 Å². The van der Waals surface area contributed by atoms with Gasteiger partial charge in [0, 0.05) is 56.8 Å². The summed E-state index contributed by atoms with van der Waals surface area (Å²) in [5, 5.41) is 4.72. The fourth-order valence-electron chi connectivity index (χ4n) is 4.13. The van der Waals surface area contributed by atoms with Crippen LogP contribution in [0.2, 0.25) is 0 Å². The van der Waals surface area contributed by atoms with Crippen molar-refractivity contribution < 1.29 is 9.53 Å². The Bertz CT molecular complexity index is 1250. The Morgan fingerprint density at radius 2 is 1.60 bits per heavy atom. The lowest BCUT2D eigenvalue weighted by Crippen LogP contribution is -2.50. The van der Waals surface area contributed by atoms with Gasteiger partial charge in [-0.1, -0.05) is 54.6 Å². The molecule has 0 bridgehead atoms. The van der Waals surface area contributed by atoms with Gasteiger partial charge in [0.25, 0.3) is 0 Å². The van der Waals surface area contributed by atoms with Gasteiger partial charge < -0.3 is 14.5 Å². The van der Waals surface area contributed by atoms with Crippen molar-refractivity contribution in [3.05, 3.63) is 78.6 Å². The first-order valence-corrected chi connectivity index (χ1v) is 11.6. The third-order valence-electron chi connectivity index (χ3n) is 5.98. The minimum Gasteiger partial charge on any atom is -0.380 e. The minimum atomic E-state index is 0.0143. The lowest BCUT2D eigenvalue weighted by atomic mass is 10.1. The molecule has 0 spiro atoms. The highest BCUT2D eigenvalue weighted by Crippen LogP contribution is 2.23. The summed E-state index contributed by atoms with van der Waals surface area (Å²) in [4.78, 5) is 30.6. The highest BCUT2D eigenvalue weighted by atomic mass is 16.5. The minimum absolute atomic E-state index is 0.0143. The molecule has 1 saturated heterocycles. The standard InChI is InChI=1S/C26H27N7O2/c1-35-19-20-8-10-22(11-9-20)25-29-24(21-6-3-2-4-7-21)30-33(25)18-23(34)31-14-16-32(17-15-31)26-27-12-5-13-28-26/h2-13H,14-19H2,1H3. The molecule has 9 heteroatoms. The zero-order valence-corrected chi connectivity index (χ0v) is 19.6. The zero-order valence-electron chi connectivity index (χ0n) is 19.6. The first-order valence-electron chi connectivity index (χ1n) is 11.6. The van der Waals surface area contributed by atoms with Crippen LogP contribution in [0.4, 0.5) is 5.95 Å². The number of methoxy groups -OCH3 is 1. The predicted molar refractivity (Wildman–Crippen MR) is 132 cm³/mol. The molecule has 2 aromatic heterocycles. The van der Waals surface area contributed by atoms with Crippen molar-refractivity contribution >= 4 is 11.9 Å². The van der Waals surface area contributed by atoms with Gasteiger partial charge in [0.05, 0.1) is 6.61 Å². The number of carbonyl (C=O) groups excluding carboxylic acids is 1. The average Bonchev–Trinajstić information content (AvgIpc) is 3.34. The number of aromatic nitrogens is 5. The molecule has 2 aromatic carbocycles. The van der Waals surface area contributed by atoms with Crippen molar-refractivity contribution in [2.75, 3.05) is 38.2 Å². The van der Waals surface area contributed by atoms with Crippen LogP contribution in [0.5, 0.6) is 0 Å². The topological polar surface area (TPSA) is 89.3 Å². The quantitative estimate of drug-likeness (QED) is 0.411. The summed E-state index contributed by atoms with van der Waals surface area (Å²) in [7, 11) is 1.68. The SMILES string of the molecule is COCc1ccc(-c2nc(-c3ccccc3)nn2CC(=O)N2CCN(c3ncccn3)CC2)cc1. The number of benzene rings is 2. The van der Waals surface area contributed by atoms with E-state index in [0.29, 0.717) is 50.4 Å². The smallest absolute Gasteiger partial charge is 0.244 e. The molecule has 4 aromatic rings. The van der Waals surface area contributed by atoms with E-state index < -0.39 is 0 Å². The maximum atomic E-state index is 13.3. The number of amides is 1.